The smallest absolute Gasteiger partial charge is 0.212 e. The van der Waals surface area contributed by atoms with Gasteiger partial charge in [-0.15, -0.1) is 0 Å². The number of ketones is 1. The van der Waals surface area contributed by atoms with Crippen molar-refractivity contribution in [3.8, 4) is 0 Å². The number of hydrogen-bond donors (Lipinski definition) is 0. The van der Waals surface area contributed by atoms with Gasteiger partial charge >= 0.3 is 0 Å². The van der Waals surface area contributed by atoms with Gasteiger partial charge in [-0.05, 0) is 50.1 Å². The van der Waals surface area contributed by atoms with E-state index in [0.29, 0.717) is 27.8 Å². The summed E-state index contributed by atoms with van der Waals surface area (Å²) >= 11 is 6.35. The fourth-order valence-corrected chi connectivity index (χ4v) is 2.43. The summed E-state index contributed by atoms with van der Waals surface area (Å²) < 4.78 is 20.9. The Morgan fingerprint density at radius 2 is 2.15 bits per heavy atom. The Bertz CT molecular complexity index is 643. The van der Waals surface area contributed by atoms with E-state index < -0.39 is 5.82 Å². The van der Waals surface area contributed by atoms with Gasteiger partial charge in [0.05, 0.1) is 28.3 Å². The molecule has 2 rings (SSSR count). The minimum atomic E-state index is -0.477. The molecule has 1 aromatic carbocycles. The average molecular weight is 406 g/mol. The summed E-state index contributed by atoms with van der Waals surface area (Å²) in [5.41, 5.74) is 0.648. The van der Waals surface area contributed by atoms with Crippen molar-refractivity contribution in [3.63, 3.8) is 0 Å². The van der Waals surface area contributed by atoms with Gasteiger partial charge in [0.25, 0.3) is 0 Å². The Labute approximate surface area is 132 Å². The molecule has 0 bridgehead atoms. The van der Waals surface area contributed by atoms with Crippen molar-refractivity contribution in [2.45, 2.75) is 6.54 Å². The first kappa shape index (κ1) is 15.3. The predicted molar refractivity (Wildman–Crippen MR) is 79.3 cm³/mol. The van der Waals surface area contributed by atoms with E-state index in [2.05, 4.69) is 37.0 Å². The highest BCUT2D eigenvalue weighted by atomic mass is 79.9. The van der Waals surface area contributed by atoms with Crippen LogP contribution in [0.5, 0.6) is 0 Å². The van der Waals surface area contributed by atoms with Crippen LogP contribution in [0.25, 0.3) is 0 Å². The van der Waals surface area contributed by atoms with Crippen molar-refractivity contribution in [1.29, 1.82) is 0 Å². The molecule has 0 saturated carbocycles. The molecule has 0 atom stereocenters. The van der Waals surface area contributed by atoms with E-state index in [9.17, 15) is 9.18 Å². The van der Waals surface area contributed by atoms with Gasteiger partial charge in [0.2, 0.25) is 5.78 Å². The molecule has 0 amide bonds. The van der Waals surface area contributed by atoms with Gasteiger partial charge in [0.1, 0.15) is 11.5 Å². The predicted octanol–water partition coefficient (Wildman–Crippen LogP) is 3.42. The maximum atomic E-state index is 13.5. The number of ether oxygens (including phenoxy) is 1. The lowest BCUT2D eigenvalue weighted by Gasteiger charge is -2.07. The van der Waals surface area contributed by atoms with Gasteiger partial charge in [-0.1, -0.05) is 0 Å². The van der Waals surface area contributed by atoms with E-state index >= 15 is 0 Å². The highest BCUT2D eigenvalue weighted by Gasteiger charge is 2.19. The molecule has 0 saturated heterocycles. The summed E-state index contributed by atoms with van der Waals surface area (Å²) in [6.45, 7) is 0.880. The summed E-state index contributed by atoms with van der Waals surface area (Å²) in [5, 5.41) is 4.11. The van der Waals surface area contributed by atoms with Crippen LogP contribution < -0.4 is 0 Å². The topological polar surface area (TPSA) is 44.1 Å². The number of carbonyl (C=O) groups is 1. The summed E-state index contributed by atoms with van der Waals surface area (Å²) in [4.78, 5) is 12.5. The van der Waals surface area contributed by atoms with Crippen LogP contribution in [-0.4, -0.2) is 29.3 Å². The normalized spacial score (nSPS) is 10.8. The molecule has 20 heavy (non-hydrogen) atoms. The molecule has 0 aliphatic rings. The Kier molecular flexibility index (Phi) is 5.06. The molecular weight excluding hydrogens is 395 g/mol. The van der Waals surface area contributed by atoms with Crippen LogP contribution in [0.15, 0.2) is 33.3 Å². The molecule has 2 aromatic rings. The van der Waals surface area contributed by atoms with Crippen LogP contribution in [0.3, 0.4) is 0 Å². The molecule has 106 valence electrons. The fraction of sp³-hybridized carbons (Fsp3) is 0.231. The summed E-state index contributed by atoms with van der Waals surface area (Å²) in [5.74, 6) is -0.771. The quantitative estimate of drug-likeness (QED) is 0.716. The summed E-state index contributed by atoms with van der Waals surface area (Å²) in [6.07, 6.45) is 1.54. The molecule has 1 heterocycles. The number of nitrogens with zero attached hydrogens (tertiary/aromatic N) is 2. The van der Waals surface area contributed by atoms with Gasteiger partial charge in [-0.3, -0.25) is 9.48 Å². The Morgan fingerprint density at radius 3 is 2.80 bits per heavy atom. The number of hydrogen-bond acceptors (Lipinski definition) is 3. The number of benzene rings is 1. The standard InChI is InChI=1S/C13H11Br2FN2O2/c1-20-5-4-18-12(10(15)7-17-18)13(19)8-2-3-9(14)11(16)6-8/h2-3,6-7H,4-5H2,1H3. The van der Waals surface area contributed by atoms with Gasteiger partial charge < -0.3 is 4.74 Å². The van der Waals surface area contributed by atoms with Crippen molar-refractivity contribution in [2.75, 3.05) is 13.7 Å². The maximum absolute atomic E-state index is 13.5. The Morgan fingerprint density at radius 1 is 1.40 bits per heavy atom. The molecule has 0 aliphatic carbocycles. The molecule has 1 aromatic heterocycles. The highest BCUT2D eigenvalue weighted by molar-refractivity contribution is 9.10. The van der Waals surface area contributed by atoms with Crippen molar-refractivity contribution < 1.29 is 13.9 Å². The average Bonchev–Trinajstić information content (AvgIpc) is 2.80. The number of methoxy groups -OCH3 is 1. The maximum Gasteiger partial charge on any atom is 0.212 e. The van der Waals surface area contributed by atoms with Crippen molar-refractivity contribution in [3.05, 3.63) is 50.4 Å². The molecule has 4 nitrogen and oxygen atoms in total. The largest absolute Gasteiger partial charge is 0.383 e. The van der Waals surface area contributed by atoms with E-state index in [1.165, 1.54) is 23.0 Å². The molecular formula is C13H11Br2FN2O2. The third-order valence-corrected chi connectivity index (χ3v) is 3.92. The molecule has 0 radical (unpaired) electrons. The molecule has 7 heteroatoms. The SMILES string of the molecule is COCCn1ncc(Br)c1C(=O)c1ccc(Br)c(F)c1. The third kappa shape index (κ3) is 3.16. The number of rotatable bonds is 5. The molecule has 0 aliphatic heterocycles. The minimum absolute atomic E-state index is 0.269. The Hall–Kier alpha value is -1.05. The van der Waals surface area contributed by atoms with Crippen LogP contribution >= 0.6 is 31.9 Å². The second-order valence-electron chi connectivity index (χ2n) is 4.02. The summed E-state index contributed by atoms with van der Waals surface area (Å²) in [7, 11) is 1.57. The molecule has 0 N–H and O–H groups in total. The van der Waals surface area contributed by atoms with E-state index in [1.807, 2.05) is 0 Å². The molecule has 0 spiro atoms. The Balaban J connectivity index is 2.37. The second kappa shape index (κ2) is 6.60. The fourth-order valence-electron chi connectivity index (χ4n) is 1.71. The van der Waals surface area contributed by atoms with Gasteiger partial charge in [-0.25, -0.2) is 4.39 Å². The highest BCUT2D eigenvalue weighted by Crippen LogP contribution is 2.22. The van der Waals surface area contributed by atoms with Gasteiger partial charge in [-0.2, -0.15) is 5.10 Å². The zero-order valence-corrected chi connectivity index (χ0v) is 13.7. The first-order valence-corrected chi connectivity index (χ1v) is 7.33. The number of carbonyl (C=O) groups excluding carboxylic acids is 1. The molecule has 0 fully saturated rings. The van der Waals surface area contributed by atoms with Crippen LogP contribution in [0, 0.1) is 5.82 Å². The van der Waals surface area contributed by atoms with Crippen LogP contribution in [0.2, 0.25) is 0 Å². The lowest BCUT2D eigenvalue weighted by atomic mass is 10.1. The van der Waals surface area contributed by atoms with Crippen LogP contribution in [0.1, 0.15) is 16.1 Å². The van der Waals surface area contributed by atoms with E-state index in [1.54, 1.807) is 13.2 Å². The van der Waals surface area contributed by atoms with Crippen molar-refractivity contribution in [2.24, 2.45) is 0 Å². The van der Waals surface area contributed by atoms with Gasteiger partial charge in [0.15, 0.2) is 0 Å². The minimum Gasteiger partial charge on any atom is -0.383 e. The zero-order valence-electron chi connectivity index (χ0n) is 10.6. The zero-order chi connectivity index (χ0) is 14.7. The first-order valence-electron chi connectivity index (χ1n) is 5.74. The van der Waals surface area contributed by atoms with E-state index in [4.69, 9.17) is 4.74 Å². The van der Waals surface area contributed by atoms with Crippen molar-refractivity contribution in [1.82, 2.24) is 9.78 Å². The second-order valence-corrected chi connectivity index (χ2v) is 5.72. The van der Waals surface area contributed by atoms with Crippen LogP contribution in [0.4, 0.5) is 4.39 Å². The first-order chi connectivity index (χ1) is 9.54. The van der Waals surface area contributed by atoms with Crippen LogP contribution in [-0.2, 0) is 11.3 Å². The van der Waals surface area contributed by atoms with E-state index in [0.717, 1.165) is 0 Å². The number of aromatic nitrogens is 2. The lowest BCUT2D eigenvalue weighted by molar-refractivity contribution is 0.102. The van der Waals surface area contributed by atoms with Crippen molar-refractivity contribution >= 4 is 37.6 Å². The lowest BCUT2D eigenvalue weighted by Crippen LogP contribution is -2.15. The summed E-state index contributed by atoms with van der Waals surface area (Å²) in [6, 6.07) is 4.27. The monoisotopic (exact) mass is 404 g/mol. The van der Waals surface area contributed by atoms with Gasteiger partial charge in [0, 0.05) is 12.7 Å². The molecule has 0 unspecified atom stereocenters. The number of halogens is 3. The van der Waals surface area contributed by atoms with E-state index in [-0.39, 0.29) is 11.3 Å². The third-order valence-electron chi connectivity index (χ3n) is 2.70.